The van der Waals surface area contributed by atoms with Crippen LogP contribution >= 0.6 is 15.9 Å². The molecule has 0 aromatic heterocycles. The summed E-state index contributed by atoms with van der Waals surface area (Å²) in [6, 6.07) is 12.9. The maximum absolute atomic E-state index is 12.9. The van der Waals surface area contributed by atoms with Gasteiger partial charge in [-0.2, -0.15) is 0 Å². The van der Waals surface area contributed by atoms with Crippen LogP contribution in [0.1, 0.15) is 29.8 Å². The van der Waals surface area contributed by atoms with Crippen LogP contribution in [0.4, 0.5) is 10.5 Å². The van der Waals surface area contributed by atoms with Crippen molar-refractivity contribution >= 4 is 45.2 Å². The minimum Gasteiger partial charge on any atom is -0.325 e. The first-order valence-electron chi connectivity index (χ1n) is 8.52. The fourth-order valence-corrected chi connectivity index (χ4v) is 3.39. The van der Waals surface area contributed by atoms with Crippen LogP contribution in [-0.4, -0.2) is 35.1 Å². The SMILES string of the molecule is CC(=O)c1cccc(NC(=O)CN2C(=O)NC(C)(c3cccc(Br)c3)C2=O)c1. The Morgan fingerprint density at radius 2 is 1.86 bits per heavy atom. The highest BCUT2D eigenvalue weighted by Gasteiger charge is 2.49. The van der Waals surface area contributed by atoms with Crippen molar-refractivity contribution in [3.8, 4) is 0 Å². The van der Waals surface area contributed by atoms with Gasteiger partial charge >= 0.3 is 6.03 Å². The lowest BCUT2D eigenvalue weighted by atomic mass is 9.92. The van der Waals surface area contributed by atoms with E-state index in [9.17, 15) is 19.2 Å². The zero-order valence-electron chi connectivity index (χ0n) is 15.3. The second-order valence-corrected chi connectivity index (χ2v) is 7.56. The lowest BCUT2D eigenvalue weighted by molar-refractivity contribution is -0.133. The van der Waals surface area contributed by atoms with E-state index < -0.39 is 29.9 Å². The molecule has 1 saturated heterocycles. The molecule has 28 heavy (non-hydrogen) atoms. The number of Topliss-reactive ketones (excluding diaryl/α,β-unsaturated/α-hetero) is 1. The van der Waals surface area contributed by atoms with Gasteiger partial charge in [0.05, 0.1) is 0 Å². The van der Waals surface area contributed by atoms with Gasteiger partial charge in [-0.05, 0) is 43.7 Å². The highest BCUT2D eigenvalue weighted by molar-refractivity contribution is 9.10. The molecular formula is C20H18BrN3O4. The van der Waals surface area contributed by atoms with Gasteiger partial charge in [0.1, 0.15) is 12.1 Å². The van der Waals surface area contributed by atoms with Crippen molar-refractivity contribution in [2.75, 3.05) is 11.9 Å². The van der Waals surface area contributed by atoms with Crippen LogP contribution in [0.3, 0.4) is 0 Å². The number of anilines is 1. The zero-order chi connectivity index (χ0) is 20.5. The first-order valence-corrected chi connectivity index (χ1v) is 9.31. The van der Waals surface area contributed by atoms with Crippen LogP contribution in [0.25, 0.3) is 0 Å². The summed E-state index contributed by atoms with van der Waals surface area (Å²) in [5.41, 5.74) is 0.224. The summed E-state index contributed by atoms with van der Waals surface area (Å²) < 4.78 is 0.773. The molecule has 1 unspecified atom stereocenters. The lowest BCUT2D eigenvalue weighted by Gasteiger charge is -2.22. The van der Waals surface area contributed by atoms with Crippen molar-refractivity contribution in [2.45, 2.75) is 19.4 Å². The van der Waals surface area contributed by atoms with Crippen LogP contribution in [0, 0.1) is 0 Å². The Morgan fingerprint density at radius 1 is 1.14 bits per heavy atom. The van der Waals surface area contributed by atoms with Gasteiger partial charge in [0.25, 0.3) is 5.91 Å². The molecule has 1 aliphatic rings. The van der Waals surface area contributed by atoms with Crippen molar-refractivity contribution in [3.63, 3.8) is 0 Å². The topological polar surface area (TPSA) is 95.6 Å². The summed E-state index contributed by atoms with van der Waals surface area (Å²) in [7, 11) is 0. The van der Waals surface area contributed by atoms with Crippen molar-refractivity contribution < 1.29 is 19.2 Å². The number of hydrogen-bond donors (Lipinski definition) is 2. The molecular weight excluding hydrogens is 426 g/mol. The van der Waals surface area contributed by atoms with E-state index >= 15 is 0 Å². The molecule has 3 rings (SSSR count). The first kappa shape index (κ1) is 19.8. The van der Waals surface area contributed by atoms with E-state index in [1.165, 1.54) is 13.0 Å². The quantitative estimate of drug-likeness (QED) is 0.548. The number of hydrogen-bond acceptors (Lipinski definition) is 4. The third-order valence-corrected chi connectivity index (χ3v) is 5.02. The molecule has 0 saturated carbocycles. The number of nitrogens with zero attached hydrogens (tertiary/aromatic N) is 1. The van der Waals surface area contributed by atoms with E-state index in [0.717, 1.165) is 9.37 Å². The first-order chi connectivity index (χ1) is 13.2. The average Bonchev–Trinajstić information content (AvgIpc) is 2.86. The lowest BCUT2D eigenvalue weighted by Crippen LogP contribution is -2.42. The van der Waals surface area contributed by atoms with Crippen LogP contribution in [0.5, 0.6) is 0 Å². The van der Waals surface area contributed by atoms with Gasteiger partial charge in [0.2, 0.25) is 5.91 Å². The highest BCUT2D eigenvalue weighted by atomic mass is 79.9. The fraction of sp³-hybridized carbons (Fsp3) is 0.200. The molecule has 0 aliphatic carbocycles. The molecule has 1 heterocycles. The molecule has 2 N–H and O–H groups in total. The maximum Gasteiger partial charge on any atom is 0.325 e. The van der Waals surface area contributed by atoms with Crippen molar-refractivity contribution in [3.05, 3.63) is 64.1 Å². The third-order valence-electron chi connectivity index (χ3n) is 4.53. The largest absolute Gasteiger partial charge is 0.325 e. The predicted molar refractivity (Wildman–Crippen MR) is 107 cm³/mol. The smallest absolute Gasteiger partial charge is 0.325 e. The summed E-state index contributed by atoms with van der Waals surface area (Å²) in [4.78, 5) is 49.9. The molecule has 4 amide bonds. The monoisotopic (exact) mass is 443 g/mol. The van der Waals surface area contributed by atoms with E-state index in [0.29, 0.717) is 16.8 Å². The Balaban J connectivity index is 1.75. The van der Waals surface area contributed by atoms with E-state index in [4.69, 9.17) is 0 Å². The molecule has 7 nitrogen and oxygen atoms in total. The number of ketones is 1. The normalized spacial score (nSPS) is 18.8. The van der Waals surface area contributed by atoms with Gasteiger partial charge < -0.3 is 10.6 Å². The second-order valence-electron chi connectivity index (χ2n) is 6.64. The fourth-order valence-electron chi connectivity index (χ4n) is 3.00. The summed E-state index contributed by atoms with van der Waals surface area (Å²) >= 11 is 3.35. The van der Waals surface area contributed by atoms with Crippen LogP contribution < -0.4 is 10.6 Å². The van der Waals surface area contributed by atoms with E-state index in [1.54, 1.807) is 43.3 Å². The van der Waals surface area contributed by atoms with Gasteiger partial charge in [-0.15, -0.1) is 0 Å². The maximum atomic E-state index is 12.9. The molecule has 2 aromatic carbocycles. The van der Waals surface area contributed by atoms with E-state index in [-0.39, 0.29) is 5.78 Å². The summed E-state index contributed by atoms with van der Waals surface area (Å²) in [6.45, 7) is 2.60. The standard InChI is InChI=1S/C20H18BrN3O4/c1-12(25)13-5-3-8-16(9-13)22-17(26)11-24-18(27)20(2,23-19(24)28)14-6-4-7-15(21)10-14/h3-10H,11H2,1-2H3,(H,22,26)(H,23,28). The Kier molecular flexibility index (Phi) is 5.33. The Labute approximate surface area is 170 Å². The molecule has 1 atom stereocenters. The predicted octanol–water partition coefficient (Wildman–Crippen LogP) is 3.06. The summed E-state index contributed by atoms with van der Waals surface area (Å²) in [5.74, 6) is -1.18. The van der Waals surface area contributed by atoms with Gasteiger partial charge in [-0.25, -0.2) is 4.79 Å². The number of nitrogens with one attached hydrogen (secondary N) is 2. The minimum atomic E-state index is -1.25. The number of urea groups is 1. The third kappa shape index (κ3) is 3.82. The molecule has 0 bridgehead atoms. The van der Waals surface area contributed by atoms with Crippen LogP contribution in [-0.2, 0) is 15.1 Å². The molecule has 1 fully saturated rings. The van der Waals surface area contributed by atoms with Gasteiger partial charge in [-0.3, -0.25) is 19.3 Å². The summed E-state index contributed by atoms with van der Waals surface area (Å²) in [6.07, 6.45) is 0. The second kappa shape index (κ2) is 7.55. The minimum absolute atomic E-state index is 0.130. The highest BCUT2D eigenvalue weighted by Crippen LogP contribution is 2.30. The van der Waals surface area contributed by atoms with Crippen molar-refractivity contribution in [2.24, 2.45) is 0 Å². The van der Waals surface area contributed by atoms with Crippen molar-refractivity contribution in [1.82, 2.24) is 10.2 Å². The van der Waals surface area contributed by atoms with Crippen LogP contribution in [0.2, 0.25) is 0 Å². The van der Waals surface area contributed by atoms with E-state index in [1.807, 2.05) is 6.07 Å². The van der Waals surface area contributed by atoms with Crippen LogP contribution in [0.15, 0.2) is 53.0 Å². The van der Waals surface area contributed by atoms with E-state index in [2.05, 4.69) is 26.6 Å². The molecule has 0 spiro atoms. The number of amides is 4. The zero-order valence-corrected chi connectivity index (χ0v) is 16.9. The number of carbonyl (C=O) groups is 4. The van der Waals surface area contributed by atoms with Gasteiger partial charge in [0, 0.05) is 15.7 Å². The molecule has 8 heteroatoms. The molecule has 1 aliphatic heterocycles. The number of halogens is 1. The molecule has 2 aromatic rings. The van der Waals surface area contributed by atoms with Gasteiger partial charge in [-0.1, -0.05) is 40.2 Å². The van der Waals surface area contributed by atoms with Crippen molar-refractivity contribution in [1.29, 1.82) is 0 Å². The Bertz CT molecular complexity index is 991. The number of benzene rings is 2. The average molecular weight is 444 g/mol. The van der Waals surface area contributed by atoms with Gasteiger partial charge in [0.15, 0.2) is 5.78 Å². The number of imide groups is 1. The Hall–Kier alpha value is -3.00. The number of rotatable bonds is 5. The molecule has 144 valence electrons. The number of carbonyl (C=O) groups excluding carboxylic acids is 4. The Morgan fingerprint density at radius 3 is 2.54 bits per heavy atom. The molecule has 0 radical (unpaired) electrons. The summed E-state index contributed by atoms with van der Waals surface area (Å²) in [5, 5.41) is 5.27.